The second-order valence-corrected chi connectivity index (χ2v) is 26.3. The molecule has 0 aliphatic heterocycles. The summed E-state index contributed by atoms with van der Waals surface area (Å²) in [6.07, 6.45) is 90.0. The van der Waals surface area contributed by atoms with Crippen molar-refractivity contribution in [1.82, 2.24) is 5.32 Å². The molecule has 0 rings (SSSR count). The number of aliphatic hydroxyl groups excluding tert-OH is 2. The Morgan fingerprint density at radius 1 is 0.329 bits per heavy atom. The van der Waals surface area contributed by atoms with Crippen LogP contribution in [0.15, 0.2) is 12.2 Å². The summed E-state index contributed by atoms with van der Waals surface area (Å²) in [5.74, 6) is -0.00866. The maximum atomic E-state index is 12.6. The van der Waals surface area contributed by atoms with Crippen molar-refractivity contribution in [1.29, 1.82) is 0 Å². The van der Waals surface area contributed by atoms with Gasteiger partial charge in [-0.05, 0) is 51.4 Å². The number of hydrogen-bond donors (Lipinski definition) is 3. The Hall–Kier alpha value is -1.40. The van der Waals surface area contributed by atoms with E-state index in [0.717, 1.165) is 38.5 Å². The number of amides is 1. The fraction of sp³-hybridized carbons (Fsp3) is 0.947. The van der Waals surface area contributed by atoms with Crippen LogP contribution in [0.3, 0.4) is 0 Å². The molecule has 0 aliphatic carbocycles. The van der Waals surface area contributed by atoms with Crippen molar-refractivity contribution in [2.75, 3.05) is 13.2 Å². The Balaban J connectivity index is 3.36. The Morgan fingerprint density at radius 3 is 0.866 bits per heavy atom. The SMILES string of the molecule is CCCCCCCCCCCCCCCCCCCCCCCCCC(O)C(CO)NC(=O)CCCCCCCCCCCCCCCCC/C=C\CCCCCCCCCCCCCCOC(=O)CCCCCCCCCCCCC. The molecule has 6 heteroatoms. The summed E-state index contributed by atoms with van der Waals surface area (Å²) in [4.78, 5) is 24.6. The maximum Gasteiger partial charge on any atom is 0.305 e. The highest BCUT2D eigenvalue weighted by Crippen LogP contribution is 2.20. The second-order valence-electron chi connectivity index (χ2n) is 26.3. The van der Waals surface area contributed by atoms with Crippen molar-refractivity contribution in [3.63, 3.8) is 0 Å². The first-order valence-corrected chi connectivity index (χ1v) is 37.9. The molecule has 0 radical (unpaired) electrons. The van der Waals surface area contributed by atoms with Crippen molar-refractivity contribution in [2.45, 2.75) is 450 Å². The first-order chi connectivity index (χ1) is 40.5. The van der Waals surface area contributed by atoms with Gasteiger partial charge in [-0.15, -0.1) is 0 Å². The van der Waals surface area contributed by atoms with E-state index in [9.17, 15) is 19.8 Å². The monoisotopic (exact) mass is 1160 g/mol. The first kappa shape index (κ1) is 80.6. The number of carbonyl (C=O) groups is 2. The minimum Gasteiger partial charge on any atom is -0.466 e. The number of allylic oxidation sites excluding steroid dienone is 2. The lowest BCUT2D eigenvalue weighted by atomic mass is 10.0. The topological polar surface area (TPSA) is 95.9 Å². The van der Waals surface area contributed by atoms with Gasteiger partial charge in [-0.3, -0.25) is 9.59 Å². The van der Waals surface area contributed by atoms with Crippen LogP contribution in [0.25, 0.3) is 0 Å². The lowest BCUT2D eigenvalue weighted by Crippen LogP contribution is -2.45. The normalized spacial score (nSPS) is 12.5. The van der Waals surface area contributed by atoms with E-state index in [1.807, 2.05) is 0 Å². The largest absolute Gasteiger partial charge is 0.466 e. The third-order valence-corrected chi connectivity index (χ3v) is 18.1. The molecule has 0 saturated heterocycles. The quantitative estimate of drug-likeness (QED) is 0.0320. The summed E-state index contributed by atoms with van der Waals surface area (Å²) in [5, 5.41) is 23.5. The summed E-state index contributed by atoms with van der Waals surface area (Å²) in [7, 11) is 0. The standard InChI is InChI=1S/C76H149NO5/c1-3-5-7-9-11-13-15-16-17-18-19-20-30-33-36-39-42-45-49-52-56-60-64-68-74(79)73(72-78)77-75(80)69-65-61-57-53-50-46-43-40-37-34-31-28-26-24-22-21-23-25-27-29-32-35-38-41-44-47-51-55-59-63-67-71-82-76(81)70-66-62-58-54-48-14-12-10-8-6-4-2/h23,25,73-74,78-79H,3-22,24,26-72H2,1-2H3,(H,77,80)/b25-23-. The molecule has 2 unspecified atom stereocenters. The zero-order valence-corrected chi connectivity index (χ0v) is 56.0. The molecule has 0 aromatic heterocycles. The molecule has 0 aliphatic rings. The maximum absolute atomic E-state index is 12.6. The number of unbranched alkanes of at least 4 members (excludes halogenated alkanes) is 59. The molecule has 3 N–H and O–H groups in total. The van der Waals surface area contributed by atoms with Crippen LogP contribution < -0.4 is 5.32 Å². The number of hydrogen-bond acceptors (Lipinski definition) is 5. The van der Waals surface area contributed by atoms with Gasteiger partial charge in [0.05, 0.1) is 25.4 Å². The molecule has 0 bridgehead atoms. The van der Waals surface area contributed by atoms with Crippen LogP contribution in [0, 0.1) is 0 Å². The third-order valence-electron chi connectivity index (χ3n) is 18.1. The predicted molar refractivity (Wildman–Crippen MR) is 361 cm³/mol. The fourth-order valence-electron chi connectivity index (χ4n) is 12.3. The molecule has 0 heterocycles. The number of aliphatic hydroxyl groups is 2. The second kappa shape index (κ2) is 72.1. The number of esters is 1. The average Bonchev–Trinajstić information content (AvgIpc) is 3.48. The zero-order chi connectivity index (χ0) is 59.2. The van der Waals surface area contributed by atoms with Gasteiger partial charge in [-0.25, -0.2) is 0 Å². The van der Waals surface area contributed by atoms with Gasteiger partial charge in [0, 0.05) is 12.8 Å². The van der Waals surface area contributed by atoms with Crippen LogP contribution >= 0.6 is 0 Å². The minimum atomic E-state index is -0.664. The Labute approximate surface area is 514 Å². The highest BCUT2D eigenvalue weighted by molar-refractivity contribution is 5.76. The molecular formula is C76H149NO5. The van der Waals surface area contributed by atoms with Crippen molar-refractivity contribution < 1.29 is 24.5 Å². The molecule has 82 heavy (non-hydrogen) atoms. The van der Waals surface area contributed by atoms with E-state index in [1.54, 1.807) is 0 Å². The van der Waals surface area contributed by atoms with E-state index < -0.39 is 12.1 Å². The van der Waals surface area contributed by atoms with Crippen molar-refractivity contribution in [3.05, 3.63) is 12.2 Å². The first-order valence-electron chi connectivity index (χ1n) is 37.9. The van der Waals surface area contributed by atoms with E-state index in [1.165, 1.54) is 366 Å². The highest BCUT2D eigenvalue weighted by Gasteiger charge is 2.20. The summed E-state index contributed by atoms with van der Waals surface area (Å²) in [6, 6.07) is -0.540. The number of rotatable bonds is 72. The lowest BCUT2D eigenvalue weighted by molar-refractivity contribution is -0.143. The van der Waals surface area contributed by atoms with Gasteiger partial charge in [0.2, 0.25) is 5.91 Å². The molecule has 488 valence electrons. The van der Waals surface area contributed by atoms with Crippen molar-refractivity contribution in [2.24, 2.45) is 0 Å². The lowest BCUT2D eigenvalue weighted by Gasteiger charge is -2.22. The number of carbonyl (C=O) groups excluding carboxylic acids is 2. The smallest absolute Gasteiger partial charge is 0.305 e. The van der Waals surface area contributed by atoms with E-state index in [2.05, 4.69) is 31.3 Å². The van der Waals surface area contributed by atoms with Gasteiger partial charge in [0.25, 0.3) is 0 Å². The third kappa shape index (κ3) is 67.7. The van der Waals surface area contributed by atoms with E-state index in [0.29, 0.717) is 25.9 Å². The predicted octanol–water partition coefficient (Wildman–Crippen LogP) is 24.7. The fourth-order valence-corrected chi connectivity index (χ4v) is 12.3. The molecule has 0 saturated carbocycles. The van der Waals surface area contributed by atoms with E-state index in [4.69, 9.17) is 4.74 Å². The van der Waals surface area contributed by atoms with Gasteiger partial charge in [0.15, 0.2) is 0 Å². The van der Waals surface area contributed by atoms with Gasteiger partial charge < -0.3 is 20.3 Å². The van der Waals surface area contributed by atoms with Gasteiger partial charge in [0.1, 0.15) is 0 Å². The minimum absolute atomic E-state index is 0.0185. The Morgan fingerprint density at radius 2 is 0.573 bits per heavy atom. The average molecular weight is 1160 g/mol. The Bertz CT molecular complexity index is 1240. The Kier molecular flexibility index (Phi) is 70.8. The van der Waals surface area contributed by atoms with Crippen LogP contribution in [-0.2, 0) is 14.3 Å². The molecule has 6 nitrogen and oxygen atoms in total. The molecule has 1 amide bonds. The van der Waals surface area contributed by atoms with Gasteiger partial charge >= 0.3 is 5.97 Å². The van der Waals surface area contributed by atoms with Gasteiger partial charge in [-0.2, -0.15) is 0 Å². The molecule has 0 aromatic rings. The van der Waals surface area contributed by atoms with Crippen molar-refractivity contribution in [3.8, 4) is 0 Å². The van der Waals surface area contributed by atoms with Crippen LogP contribution in [0.4, 0.5) is 0 Å². The summed E-state index contributed by atoms with van der Waals surface area (Å²) in [6.45, 7) is 5.00. The molecule has 0 spiro atoms. The summed E-state index contributed by atoms with van der Waals surface area (Å²) in [5.41, 5.74) is 0. The number of ether oxygens (including phenoxy) is 1. The van der Waals surface area contributed by atoms with Crippen LogP contribution in [0.5, 0.6) is 0 Å². The van der Waals surface area contributed by atoms with Crippen LogP contribution in [0.1, 0.15) is 438 Å². The van der Waals surface area contributed by atoms with Gasteiger partial charge in [-0.1, -0.05) is 386 Å². The van der Waals surface area contributed by atoms with E-state index in [-0.39, 0.29) is 18.5 Å². The zero-order valence-electron chi connectivity index (χ0n) is 56.0. The van der Waals surface area contributed by atoms with E-state index >= 15 is 0 Å². The molecule has 0 aromatic carbocycles. The van der Waals surface area contributed by atoms with Crippen molar-refractivity contribution >= 4 is 11.9 Å². The van der Waals surface area contributed by atoms with Crippen LogP contribution in [-0.4, -0.2) is 47.4 Å². The van der Waals surface area contributed by atoms with Crippen LogP contribution in [0.2, 0.25) is 0 Å². The molecule has 0 fully saturated rings. The molecular weight excluding hydrogens is 1010 g/mol. The molecule has 2 atom stereocenters. The summed E-state index contributed by atoms with van der Waals surface area (Å²) < 4.78 is 5.48. The number of nitrogens with one attached hydrogen (secondary N) is 1. The highest BCUT2D eigenvalue weighted by atomic mass is 16.5. The summed E-state index contributed by atoms with van der Waals surface area (Å²) >= 11 is 0.